The van der Waals surface area contributed by atoms with Crippen LogP contribution in [0.5, 0.6) is 0 Å². The molecule has 176 valence electrons. The minimum Gasteiger partial charge on any atom is -0.393 e. The molecule has 0 aromatic heterocycles. The molecule has 31 heavy (non-hydrogen) atoms. The van der Waals surface area contributed by atoms with Gasteiger partial charge in [-0.25, -0.2) is 0 Å². The molecule has 4 fully saturated rings. The lowest BCUT2D eigenvalue weighted by molar-refractivity contribution is -0.203. The number of allylic oxidation sites excluding steroid dienone is 2. The van der Waals surface area contributed by atoms with Crippen LogP contribution in [-0.4, -0.2) is 11.2 Å². The van der Waals surface area contributed by atoms with Crippen molar-refractivity contribution < 1.29 is 5.11 Å². The van der Waals surface area contributed by atoms with Gasteiger partial charge in [0.2, 0.25) is 0 Å². The molecular formula is C30H50O. The Labute approximate surface area is 192 Å². The standard InChI is InChI=1S/C30H50O/c1-19-11-14-27(5)17-18-29(7)21(25(27)20(19)2)9-10-23-28(6)15-13-24(31)26(3,4)22(28)12-16-30(23,29)8/h9,19-20,22-25,31H,10-18H2,1-8H3/t19-,20+,22+,23+,24-,25+,27+,28-,29-,30+/m0/s1. The zero-order valence-electron chi connectivity index (χ0n) is 21.9. The van der Waals surface area contributed by atoms with Crippen molar-refractivity contribution >= 4 is 0 Å². The first-order chi connectivity index (χ1) is 14.3. The Morgan fingerprint density at radius 3 is 2.23 bits per heavy atom. The quantitative estimate of drug-likeness (QED) is 0.389. The van der Waals surface area contributed by atoms with Gasteiger partial charge in [-0.3, -0.25) is 0 Å². The van der Waals surface area contributed by atoms with Crippen molar-refractivity contribution in [2.45, 2.75) is 119 Å². The van der Waals surface area contributed by atoms with Crippen LogP contribution in [-0.2, 0) is 0 Å². The van der Waals surface area contributed by atoms with Gasteiger partial charge in [0.1, 0.15) is 0 Å². The van der Waals surface area contributed by atoms with Crippen LogP contribution < -0.4 is 0 Å². The summed E-state index contributed by atoms with van der Waals surface area (Å²) in [6.45, 7) is 20.5. The zero-order valence-corrected chi connectivity index (χ0v) is 21.9. The SMILES string of the molecule is C[C@@H]1[C@@H](C)CC[C@]2(C)CC[C@@]3(C)C(=CC[C@@H]4[C@@]5(C)CC[C@H](O)C(C)(C)[C@H]5CC[C@]43C)[C@@H]12. The van der Waals surface area contributed by atoms with Crippen molar-refractivity contribution in [3.63, 3.8) is 0 Å². The average Bonchev–Trinajstić information content (AvgIpc) is 2.69. The monoisotopic (exact) mass is 426 g/mol. The van der Waals surface area contributed by atoms with E-state index in [9.17, 15) is 5.11 Å². The van der Waals surface area contributed by atoms with Crippen molar-refractivity contribution in [1.29, 1.82) is 0 Å². The fourth-order valence-electron chi connectivity index (χ4n) is 10.8. The Bertz CT molecular complexity index is 779. The molecule has 0 aliphatic heterocycles. The molecule has 0 amide bonds. The van der Waals surface area contributed by atoms with E-state index in [-0.39, 0.29) is 11.5 Å². The molecule has 0 radical (unpaired) electrons. The van der Waals surface area contributed by atoms with Gasteiger partial charge < -0.3 is 5.11 Å². The fraction of sp³-hybridized carbons (Fsp3) is 0.933. The molecule has 1 N–H and O–H groups in total. The molecule has 0 unspecified atom stereocenters. The van der Waals surface area contributed by atoms with Gasteiger partial charge in [0.15, 0.2) is 0 Å². The van der Waals surface area contributed by atoms with E-state index >= 15 is 0 Å². The Balaban J connectivity index is 1.59. The number of aliphatic hydroxyl groups excluding tert-OH is 1. The van der Waals surface area contributed by atoms with Gasteiger partial charge in [-0.2, -0.15) is 0 Å². The van der Waals surface area contributed by atoms with E-state index in [4.69, 9.17) is 0 Å². The van der Waals surface area contributed by atoms with Gasteiger partial charge in [-0.15, -0.1) is 0 Å². The summed E-state index contributed by atoms with van der Waals surface area (Å²) in [5, 5.41) is 10.9. The Hall–Kier alpha value is -0.300. The number of rotatable bonds is 0. The summed E-state index contributed by atoms with van der Waals surface area (Å²) in [5.74, 6) is 3.90. The van der Waals surface area contributed by atoms with Crippen LogP contribution in [0.15, 0.2) is 11.6 Å². The molecule has 0 saturated heterocycles. The summed E-state index contributed by atoms with van der Waals surface area (Å²) < 4.78 is 0. The van der Waals surface area contributed by atoms with Crippen molar-refractivity contribution in [2.75, 3.05) is 0 Å². The lowest BCUT2D eigenvalue weighted by Gasteiger charge is -2.71. The minimum atomic E-state index is -0.125. The Morgan fingerprint density at radius 1 is 0.806 bits per heavy atom. The van der Waals surface area contributed by atoms with Gasteiger partial charge in [0.25, 0.3) is 0 Å². The second-order valence-electron chi connectivity index (χ2n) is 14.7. The minimum absolute atomic E-state index is 0.0533. The van der Waals surface area contributed by atoms with E-state index in [0.717, 1.165) is 30.1 Å². The van der Waals surface area contributed by atoms with E-state index in [1.807, 2.05) is 5.57 Å². The summed E-state index contributed by atoms with van der Waals surface area (Å²) in [7, 11) is 0. The summed E-state index contributed by atoms with van der Waals surface area (Å²) in [6.07, 6.45) is 14.5. The molecule has 4 saturated carbocycles. The lowest BCUT2D eigenvalue weighted by atomic mass is 9.33. The van der Waals surface area contributed by atoms with Gasteiger partial charge in [0, 0.05) is 0 Å². The summed E-state index contributed by atoms with van der Waals surface area (Å²) >= 11 is 0. The summed E-state index contributed by atoms with van der Waals surface area (Å²) in [6, 6.07) is 0. The van der Waals surface area contributed by atoms with E-state index in [1.54, 1.807) is 0 Å². The smallest absolute Gasteiger partial charge is 0.0594 e. The van der Waals surface area contributed by atoms with E-state index in [0.29, 0.717) is 27.6 Å². The molecule has 0 aromatic rings. The van der Waals surface area contributed by atoms with E-state index in [1.165, 1.54) is 51.4 Å². The molecule has 0 spiro atoms. The zero-order chi connectivity index (χ0) is 22.6. The third-order valence-electron chi connectivity index (χ3n) is 13.4. The Kier molecular flexibility index (Phi) is 4.82. The third kappa shape index (κ3) is 2.65. The first-order valence-corrected chi connectivity index (χ1v) is 13.7. The largest absolute Gasteiger partial charge is 0.393 e. The van der Waals surface area contributed by atoms with Crippen LogP contribution in [0.3, 0.4) is 0 Å². The highest BCUT2D eigenvalue weighted by atomic mass is 16.3. The van der Waals surface area contributed by atoms with Crippen molar-refractivity contribution in [1.82, 2.24) is 0 Å². The first-order valence-electron chi connectivity index (χ1n) is 13.7. The number of hydrogen-bond donors (Lipinski definition) is 1. The molecule has 5 rings (SSSR count). The maximum absolute atomic E-state index is 10.9. The molecule has 5 aliphatic rings. The van der Waals surface area contributed by atoms with Gasteiger partial charge in [-0.1, -0.05) is 67.0 Å². The van der Waals surface area contributed by atoms with Crippen molar-refractivity contribution in [3.8, 4) is 0 Å². The maximum Gasteiger partial charge on any atom is 0.0594 e. The molecule has 5 aliphatic carbocycles. The van der Waals surface area contributed by atoms with Gasteiger partial charge >= 0.3 is 0 Å². The van der Waals surface area contributed by atoms with Crippen LogP contribution >= 0.6 is 0 Å². The predicted molar refractivity (Wildman–Crippen MR) is 131 cm³/mol. The van der Waals surface area contributed by atoms with Crippen molar-refractivity contribution in [2.24, 2.45) is 56.7 Å². The molecule has 1 heteroatoms. The van der Waals surface area contributed by atoms with E-state index < -0.39 is 0 Å². The number of hydrogen-bond acceptors (Lipinski definition) is 1. The van der Waals surface area contributed by atoms with Crippen LogP contribution in [0.25, 0.3) is 0 Å². The highest BCUT2D eigenvalue weighted by Gasteiger charge is 2.67. The summed E-state index contributed by atoms with van der Waals surface area (Å²) in [5.41, 5.74) is 3.60. The average molecular weight is 427 g/mol. The normalized spacial score (nSPS) is 58.3. The number of fused-ring (bicyclic) bond motifs is 7. The highest BCUT2D eigenvalue weighted by Crippen LogP contribution is 2.75. The molecule has 0 bridgehead atoms. The molecule has 1 nitrogen and oxygen atoms in total. The van der Waals surface area contributed by atoms with E-state index in [2.05, 4.69) is 61.5 Å². The second kappa shape index (κ2) is 6.64. The third-order valence-corrected chi connectivity index (χ3v) is 13.4. The molecule has 10 atom stereocenters. The topological polar surface area (TPSA) is 20.2 Å². The van der Waals surface area contributed by atoms with Crippen LogP contribution in [0.1, 0.15) is 113 Å². The number of aliphatic hydroxyl groups is 1. The predicted octanol–water partition coefficient (Wildman–Crippen LogP) is 8.02. The van der Waals surface area contributed by atoms with Crippen LogP contribution in [0, 0.1) is 56.7 Å². The molecule has 0 aromatic carbocycles. The van der Waals surface area contributed by atoms with Crippen LogP contribution in [0.4, 0.5) is 0 Å². The van der Waals surface area contributed by atoms with Gasteiger partial charge in [0.05, 0.1) is 6.10 Å². The summed E-state index contributed by atoms with van der Waals surface area (Å²) in [4.78, 5) is 0. The first kappa shape index (κ1) is 22.5. The highest BCUT2D eigenvalue weighted by molar-refractivity contribution is 5.33. The van der Waals surface area contributed by atoms with Crippen molar-refractivity contribution in [3.05, 3.63) is 11.6 Å². The maximum atomic E-state index is 10.9. The van der Waals surface area contributed by atoms with Crippen LogP contribution in [0.2, 0.25) is 0 Å². The second-order valence-corrected chi connectivity index (χ2v) is 14.7. The Morgan fingerprint density at radius 2 is 1.52 bits per heavy atom. The fourth-order valence-corrected chi connectivity index (χ4v) is 10.8. The molecule has 0 heterocycles. The lowest BCUT2D eigenvalue weighted by Crippen LogP contribution is -2.64. The molecular weight excluding hydrogens is 376 g/mol. The van der Waals surface area contributed by atoms with Gasteiger partial charge in [-0.05, 0) is 114 Å².